The molecule has 0 saturated heterocycles. The maximum Gasteiger partial charge on any atom is 0.123 e. The van der Waals surface area contributed by atoms with Crippen molar-refractivity contribution in [3.63, 3.8) is 0 Å². The fraction of sp³-hybridized carbons (Fsp3) is 0.300. The third kappa shape index (κ3) is 3.28. The Hall–Kier alpha value is -1.18. The van der Waals surface area contributed by atoms with E-state index in [1.165, 1.54) is 12.1 Å². The van der Waals surface area contributed by atoms with Crippen LogP contribution in [0.3, 0.4) is 0 Å². The summed E-state index contributed by atoms with van der Waals surface area (Å²) in [4.78, 5) is 0. The maximum absolute atomic E-state index is 12.3. The number of nitrogens with one attached hydrogen (secondary N) is 1. The lowest BCUT2D eigenvalue weighted by molar-refractivity contribution is 0.628. The van der Waals surface area contributed by atoms with Gasteiger partial charge < -0.3 is 5.41 Å². The van der Waals surface area contributed by atoms with Gasteiger partial charge in [0.25, 0.3) is 0 Å². The van der Waals surface area contributed by atoms with Gasteiger partial charge in [-0.1, -0.05) is 26.0 Å². The molecule has 0 unspecified atom stereocenters. The molecule has 0 spiro atoms. The van der Waals surface area contributed by atoms with Crippen molar-refractivity contribution in [3.05, 3.63) is 35.6 Å². The molecule has 1 rings (SSSR count). The van der Waals surface area contributed by atoms with E-state index in [1.54, 1.807) is 19.1 Å². The summed E-state index contributed by atoms with van der Waals surface area (Å²) in [6.07, 6.45) is 0. The van der Waals surface area contributed by atoms with Gasteiger partial charge in [0.2, 0.25) is 0 Å². The van der Waals surface area contributed by atoms with Crippen LogP contribution in [0.4, 0.5) is 4.39 Å². The van der Waals surface area contributed by atoms with E-state index in [1.807, 2.05) is 13.8 Å². The zero-order chi connectivity index (χ0) is 9.56. The SMILES string of the molecule is CC.CC(=N)c1ccc(F)cc1. The van der Waals surface area contributed by atoms with Crippen LogP contribution in [0.2, 0.25) is 0 Å². The minimum Gasteiger partial charge on any atom is -0.305 e. The van der Waals surface area contributed by atoms with E-state index in [2.05, 4.69) is 0 Å². The van der Waals surface area contributed by atoms with Gasteiger partial charge in [0.1, 0.15) is 5.82 Å². The molecule has 0 aliphatic heterocycles. The second kappa shape index (κ2) is 5.47. The molecule has 1 nitrogen and oxygen atoms in total. The van der Waals surface area contributed by atoms with Crippen molar-refractivity contribution in [1.29, 1.82) is 5.41 Å². The molecule has 1 aromatic rings. The summed E-state index contributed by atoms with van der Waals surface area (Å²) in [6, 6.07) is 5.90. The van der Waals surface area contributed by atoms with Gasteiger partial charge in [0.15, 0.2) is 0 Å². The van der Waals surface area contributed by atoms with Crippen LogP contribution in [0, 0.1) is 11.2 Å². The topological polar surface area (TPSA) is 23.9 Å². The lowest BCUT2D eigenvalue weighted by Gasteiger charge is -1.94. The third-order valence-electron chi connectivity index (χ3n) is 1.28. The summed E-state index contributed by atoms with van der Waals surface area (Å²) in [6.45, 7) is 5.67. The highest BCUT2D eigenvalue weighted by molar-refractivity contribution is 5.96. The summed E-state index contributed by atoms with van der Waals surface area (Å²) < 4.78 is 12.3. The fourth-order valence-electron chi connectivity index (χ4n) is 0.700. The Bertz CT molecular complexity index is 239. The Balaban J connectivity index is 0.000000561. The highest BCUT2D eigenvalue weighted by Gasteiger charge is 1.93. The number of halogens is 1. The first kappa shape index (κ1) is 10.8. The first-order valence-electron chi connectivity index (χ1n) is 4.01. The highest BCUT2D eigenvalue weighted by atomic mass is 19.1. The summed E-state index contributed by atoms with van der Waals surface area (Å²) in [5, 5.41) is 7.18. The third-order valence-corrected chi connectivity index (χ3v) is 1.28. The molecular formula is C10H14FN. The fourth-order valence-corrected chi connectivity index (χ4v) is 0.700. The van der Waals surface area contributed by atoms with Gasteiger partial charge in [-0.25, -0.2) is 4.39 Å². The molecular weight excluding hydrogens is 153 g/mol. The van der Waals surface area contributed by atoms with Crippen LogP contribution in [0.15, 0.2) is 24.3 Å². The van der Waals surface area contributed by atoms with Crippen molar-refractivity contribution in [2.75, 3.05) is 0 Å². The van der Waals surface area contributed by atoms with E-state index in [0.29, 0.717) is 5.71 Å². The normalized spacial score (nSPS) is 8.33. The van der Waals surface area contributed by atoms with E-state index in [0.717, 1.165) is 5.56 Å². The van der Waals surface area contributed by atoms with Crippen molar-refractivity contribution >= 4 is 5.71 Å². The van der Waals surface area contributed by atoms with Crippen LogP contribution in [-0.2, 0) is 0 Å². The summed E-state index contributed by atoms with van der Waals surface area (Å²) in [7, 11) is 0. The molecule has 66 valence electrons. The van der Waals surface area contributed by atoms with E-state index in [-0.39, 0.29) is 5.82 Å². The molecule has 0 bridgehead atoms. The summed E-state index contributed by atoms with van der Waals surface area (Å²) in [5.41, 5.74) is 1.22. The Morgan fingerprint density at radius 2 is 1.58 bits per heavy atom. The highest BCUT2D eigenvalue weighted by Crippen LogP contribution is 2.02. The Morgan fingerprint density at radius 3 is 1.92 bits per heavy atom. The Labute approximate surface area is 72.7 Å². The number of benzene rings is 1. The predicted octanol–water partition coefficient (Wildman–Crippen LogP) is 3.24. The van der Waals surface area contributed by atoms with Crippen molar-refractivity contribution in [3.8, 4) is 0 Å². The van der Waals surface area contributed by atoms with Crippen molar-refractivity contribution in [2.24, 2.45) is 0 Å². The van der Waals surface area contributed by atoms with Crippen LogP contribution in [0.1, 0.15) is 26.3 Å². The molecule has 0 heterocycles. The predicted molar refractivity (Wildman–Crippen MR) is 50.3 cm³/mol. The van der Waals surface area contributed by atoms with E-state index < -0.39 is 0 Å². The molecule has 0 aromatic heterocycles. The van der Waals surface area contributed by atoms with E-state index in [4.69, 9.17) is 5.41 Å². The van der Waals surface area contributed by atoms with Gasteiger partial charge >= 0.3 is 0 Å². The second-order valence-corrected chi connectivity index (χ2v) is 2.13. The molecule has 1 N–H and O–H groups in total. The summed E-state index contributed by atoms with van der Waals surface area (Å²) >= 11 is 0. The number of hydrogen-bond donors (Lipinski definition) is 1. The van der Waals surface area contributed by atoms with Gasteiger partial charge in [-0.2, -0.15) is 0 Å². The minimum atomic E-state index is -0.259. The van der Waals surface area contributed by atoms with Gasteiger partial charge in [-0.05, 0) is 24.6 Å². The molecule has 0 amide bonds. The first-order valence-corrected chi connectivity index (χ1v) is 4.01. The van der Waals surface area contributed by atoms with E-state index >= 15 is 0 Å². The van der Waals surface area contributed by atoms with Gasteiger partial charge in [0.05, 0.1) is 0 Å². The average Bonchev–Trinajstić information content (AvgIpc) is 2.09. The molecule has 0 fully saturated rings. The zero-order valence-electron chi connectivity index (χ0n) is 7.69. The standard InChI is InChI=1S/C8H8FN.C2H6/c1-6(10)7-2-4-8(9)5-3-7;1-2/h2-5,10H,1H3;1-2H3. The lowest BCUT2D eigenvalue weighted by Crippen LogP contribution is -1.90. The molecule has 1 aromatic carbocycles. The lowest BCUT2D eigenvalue weighted by atomic mass is 10.1. The van der Waals surface area contributed by atoms with Crippen LogP contribution in [0.5, 0.6) is 0 Å². The van der Waals surface area contributed by atoms with E-state index in [9.17, 15) is 4.39 Å². The molecule has 0 aliphatic rings. The van der Waals surface area contributed by atoms with Crippen LogP contribution < -0.4 is 0 Å². The number of rotatable bonds is 1. The van der Waals surface area contributed by atoms with Crippen molar-refractivity contribution < 1.29 is 4.39 Å². The monoisotopic (exact) mass is 167 g/mol. The van der Waals surface area contributed by atoms with Gasteiger partial charge in [-0.3, -0.25) is 0 Å². The average molecular weight is 167 g/mol. The van der Waals surface area contributed by atoms with Crippen molar-refractivity contribution in [2.45, 2.75) is 20.8 Å². The second-order valence-electron chi connectivity index (χ2n) is 2.13. The molecule has 0 saturated carbocycles. The van der Waals surface area contributed by atoms with Crippen LogP contribution in [-0.4, -0.2) is 5.71 Å². The molecule has 2 heteroatoms. The van der Waals surface area contributed by atoms with Gasteiger partial charge in [0, 0.05) is 5.71 Å². The zero-order valence-corrected chi connectivity index (χ0v) is 7.69. The number of hydrogen-bond acceptors (Lipinski definition) is 1. The molecule has 0 atom stereocenters. The molecule has 0 aliphatic carbocycles. The maximum atomic E-state index is 12.3. The first-order chi connectivity index (χ1) is 5.70. The summed E-state index contributed by atoms with van der Waals surface area (Å²) in [5.74, 6) is -0.259. The Morgan fingerprint density at radius 1 is 1.17 bits per heavy atom. The van der Waals surface area contributed by atoms with Crippen LogP contribution >= 0.6 is 0 Å². The Kier molecular flexibility index (Phi) is 4.93. The molecule has 0 radical (unpaired) electrons. The molecule has 12 heavy (non-hydrogen) atoms. The van der Waals surface area contributed by atoms with Gasteiger partial charge in [-0.15, -0.1) is 0 Å². The van der Waals surface area contributed by atoms with Crippen LogP contribution in [0.25, 0.3) is 0 Å². The quantitative estimate of drug-likeness (QED) is 0.621. The minimum absolute atomic E-state index is 0.259. The largest absolute Gasteiger partial charge is 0.305 e. The smallest absolute Gasteiger partial charge is 0.123 e. The van der Waals surface area contributed by atoms with Crippen molar-refractivity contribution in [1.82, 2.24) is 0 Å².